The van der Waals surface area contributed by atoms with E-state index in [2.05, 4.69) is 34.3 Å². The molecule has 0 unspecified atom stereocenters. The molecule has 68 valence electrons. The van der Waals surface area contributed by atoms with Crippen LogP contribution in [0.4, 0.5) is 0 Å². The number of hydrogen-bond acceptors (Lipinski definition) is 3. The topological polar surface area (TPSA) is 53.6 Å². The Morgan fingerprint density at radius 3 is 2.75 bits per heavy atom. The summed E-state index contributed by atoms with van der Waals surface area (Å²) in [6, 6.07) is 0.486. The predicted octanol–water partition coefficient (Wildman–Crippen LogP) is 0.865. The Kier molecular flexibility index (Phi) is 3.22. The van der Waals surface area contributed by atoms with Crippen LogP contribution in [-0.4, -0.2) is 21.2 Å². The van der Waals surface area contributed by atoms with Crippen molar-refractivity contribution < 1.29 is 0 Å². The number of nitrogens with zero attached hydrogens (tertiary/aromatic N) is 2. The number of hydrogen-bond donors (Lipinski definition) is 2. The average Bonchev–Trinajstić information content (AvgIpc) is 2.48. The fraction of sp³-hybridized carbons (Fsp3) is 0.750. The van der Waals surface area contributed by atoms with E-state index < -0.39 is 0 Å². The highest BCUT2D eigenvalue weighted by molar-refractivity contribution is 4.89. The molecule has 1 aromatic rings. The van der Waals surface area contributed by atoms with E-state index in [0.29, 0.717) is 6.04 Å². The van der Waals surface area contributed by atoms with Gasteiger partial charge in [0.1, 0.15) is 11.6 Å². The van der Waals surface area contributed by atoms with E-state index in [1.165, 1.54) is 0 Å². The number of H-pyrrole nitrogens is 1. The number of aromatic nitrogens is 3. The Morgan fingerprint density at radius 1 is 1.50 bits per heavy atom. The van der Waals surface area contributed by atoms with Gasteiger partial charge in [-0.05, 0) is 0 Å². The lowest BCUT2D eigenvalue weighted by Crippen LogP contribution is -2.22. The molecule has 0 saturated carbocycles. The van der Waals surface area contributed by atoms with Crippen molar-refractivity contribution in [2.75, 3.05) is 0 Å². The lowest BCUT2D eigenvalue weighted by Gasteiger charge is -2.03. The minimum absolute atomic E-state index is 0.486. The van der Waals surface area contributed by atoms with E-state index in [1.807, 2.05) is 6.92 Å². The number of nitrogens with one attached hydrogen (secondary N) is 2. The van der Waals surface area contributed by atoms with Crippen LogP contribution >= 0.6 is 0 Å². The first kappa shape index (κ1) is 9.19. The summed E-state index contributed by atoms with van der Waals surface area (Å²) in [5.74, 6) is 1.80. The van der Waals surface area contributed by atoms with Crippen molar-refractivity contribution in [3.05, 3.63) is 11.6 Å². The summed E-state index contributed by atoms with van der Waals surface area (Å²) in [6.07, 6.45) is 0.887. The third-order valence-electron chi connectivity index (χ3n) is 1.57. The maximum Gasteiger partial charge on any atom is 0.150 e. The Morgan fingerprint density at radius 2 is 2.25 bits per heavy atom. The van der Waals surface area contributed by atoms with Crippen LogP contribution in [0.1, 0.15) is 32.4 Å². The van der Waals surface area contributed by atoms with Crippen molar-refractivity contribution in [1.29, 1.82) is 0 Å². The highest BCUT2D eigenvalue weighted by atomic mass is 15.2. The van der Waals surface area contributed by atoms with Gasteiger partial charge in [0.05, 0.1) is 6.54 Å². The Labute approximate surface area is 72.8 Å². The number of aromatic amines is 1. The van der Waals surface area contributed by atoms with Crippen molar-refractivity contribution >= 4 is 0 Å². The fourth-order valence-electron chi connectivity index (χ4n) is 0.873. The highest BCUT2D eigenvalue weighted by Gasteiger charge is 2.00. The molecule has 1 rings (SSSR count). The molecule has 0 aliphatic rings. The van der Waals surface area contributed by atoms with Crippen molar-refractivity contribution in [1.82, 2.24) is 20.5 Å². The zero-order chi connectivity index (χ0) is 8.97. The van der Waals surface area contributed by atoms with Crippen LogP contribution in [-0.2, 0) is 13.0 Å². The largest absolute Gasteiger partial charge is 0.308 e. The second-order valence-electron chi connectivity index (χ2n) is 3.09. The van der Waals surface area contributed by atoms with Gasteiger partial charge in [-0.3, -0.25) is 5.10 Å². The average molecular weight is 168 g/mol. The highest BCUT2D eigenvalue weighted by Crippen LogP contribution is 1.93. The second-order valence-corrected chi connectivity index (χ2v) is 3.09. The minimum atomic E-state index is 0.486. The normalized spacial score (nSPS) is 11.0. The summed E-state index contributed by atoms with van der Waals surface area (Å²) >= 11 is 0. The van der Waals surface area contributed by atoms with Gasteiger partial charge < -0.3 is 5.32 Å². The molecule has 0 aromatic carbocycles. The Balaban J connectivity index is 2.41. The first-order valence-electron chi connectivity index (χ1n) is 4.36. The standard InChI is InChI=1S/C8H16N4/c1-4-7-10-8(12-11-7)5-9-6(2)3/h6,9H,4-5H2,1-3H3,(H,10,11,12). The Bertz CT molecular complexity index is 229. The third kappa shape index (κ3) is 2.62. The van der Waals surface area contributed by atoms with Crippen LogP contribution in [0.5, 0.6) is 0 Å². The fourth-order valence-corrected chi connectivity index (χ4v) is 0.873. The quantitative estimate of drug-likeness (QED) is 0.701. The van der Waals surface area contributed by atoms with Gasteiger partial charge >= 0.3 is 0 Å². The van der Waals surface area contributed by atoms with Gasteiger partial charge in [-0.1, -0.05) is 20.8 Å². The van der Waals surface area contributed by atoms with E-state index in [0.717, 1.165) is 24.6 Å². The summed E-state index contributed by atoms with van der Waals surface area (Å²) in [5.41, 5.74) is 0. The summed E-state index contributed by atoms with van der Waals surface area (Å²) in [4.78, 5) is 4.27. The van der Waals surface area contributed by atoms with Crippen LogP contribution in [0, 0.1) is 0 Å². The van der Waals surface area contributed by atoms with Crippen molar-refractivity contribution in [2.45, 2.75) is 39.8 Å². The second kappa shape index (κ2) is 4.21. The molecule has 0 saturated heterocycles. The predicted molar refractivity (Wildman–Crippen MR) is 47.7 cm³/mol. The first-order chi connectivity index (χ1) is 5.72. The zero-order valence-electron chi connectivity index (χ0n) is 7.89. The van der Waals surface area contributed by atoms with Crippen LogP contribution < -0.4 is 5.32 Å². The molecule has 0 radical (unpaired) electrons. The van der Waals surface area contributed by atoms with E-state index >= 15 is 0 Å². The lowest BCUT2D eigenvalue weighted by molar-refractivity contribution is 0.573. The third-order valence-corrected chi connectivity index (χ3v) is 1.57. The van der Waals surface area contributed by atoms with Gasteiger partial charge in [-0.2, -0.15) is 5.10 Å². The number of rotatable bonds is 4. The van der Waals surface area contributed by atoms with Gasteiger partial charge in [-0.15, -0.1) is 0 Å². The van der Waals surface area contributed by atoms with E-state index in [9.17, 15) is 0 Å². The minimum Gasteiger partial charge on any atom is -0.308 e. The van der Waals surface area contributed by atoms with Crippen LogP contribution in [0.2, 0.25) is 0 Å². The zero-order valence-corrected chi connectivity index (χ0v) is 7.89. The summed E-state index contributed by atoms with van der Waals surface area (Å²) in [7, 11) is 0. The molecule has 1 aromatic heterocycles. The molecular weight excluding hydrogens is 152 g/mol. The van der Waals surface area contributed by atoms with Crippen LogP contribution in [0.15, 0.2) is 0 Å². The summed E-state index contributed by atoms with van der Waals surface area (Å²) < 4.78 is 0. The molecule has 12 heavy (non-hydrogen) atoms. The smallest absolute Gasteiger partial charge is 0.150 e. The summed E-state index contributed by atoms with van der Waals surface area (Å²) in [5, 5.41) is 10.2. The molecule has 4 heteroatoms. The molecule has 1 heterocycles. The monoisotopic (exact) mass is 168 g/mol. The van der Waals surface area contributed by atoms with Gasteiger partial charge in [0.25, 0.3) is 0 Å². The van der Waals surface area contributed by atoms with Gasteiger partial charge in [0.15, 0.2) is 0 Å². The Hall–Kier alpha value is -0.900. The van der Waals surface area contributed by atoms with Crippen LogP contribution in [0.25, 0.3) is 0 Å². The van der Waals surface area contributed by atoms with Crippen molar-refractivity contribution in [3.63, 3.8) is 0 Å². The van der Waals surface area contributed by atoms with Crippen LogP contribution in [0.3, 0.4) is 0 Å². The maximum absolute atomic E-state index is 4.27. The molecule has 0 bridgehead atoms. The molecule has 2 N–H and O–H groups in total. The molecular formula is C8H16N4. The maximum atomic E-state index is 4.27. The molecule has 0 aliphatic carbocycles. The van der Waals surface area contributed by atoms with Crippen molar-refractivity contribution in [2.24, 2.45) is 0 Å². The molecule has 0 aliphatic heterocycles. The molecule has 0 atom stereocenters. The molecule has 0 spiro atoms. The van der Waals surface area contributed by atoms with E-state index in [4.69, 9.17) is 0 Å². The van der Waals surface area contributed by atoms with E-state index in [-0.39, 0.29) is 0 Å². The van der Waals surface area contributed by atoms with Gasteiger partial charge in [0, 0.05) is 12.5 Å². The molecule has 0 amide bonds. The lowest BCUT2D eigenvalue weighted by atomic mass is 10.4. The van der Waals surface area contributed by atoms with E-state index in [1.54, 1.807) is 0 Å². The molecule has 0 fully saturated rings. The van der Waals surface area contributed by atoms with Crippen molar-refractivity contribution in [3.8, 4) is 0 Å². The molecule has 4 nitrogen and oxygen atoms in total. The van der Waals surface area contributed by atoms with Gasteiger partial charge in [-0.25, -0.2) is 4.98 Å². The van der Waals surface area contributed by atoms with Gasteiger partial charge in [0.2, 0.25) is 0 Å². The number of aryl methyl sites for hydroxylation is 1. The summed E-state index contributed by atoms with van der Waals surface area (Å²) in [6.45, 7) is 7.03. The SMILES string of the molecule is CCc1n[nH]c(CNC(C)C)n1. The first-order valence-corrected chi connectivity index (χ1v) is 4.36.